The Morgan fingerprint density at radius 2 is 1.87 bits per heavy atom. The van der Waals surface area contributed by atoms with Crippen LogP contribution in [0.2, 0.25) is 0 Å². The summed E-state index contributed by atoms with van der Waals surface area (Å²) in [5.74, 6) is -0.797. The molecule has 0 radical (unpaired) electrons. The van der Waals surface area contributed by atoms with E-state index in [-0.39, 0.29) is 17.6 Å². The van der Waals surface area contributed by atoms with Crippen molar-refractivity contribution < 1.29 is 14.3 Å². The van der Waals surface area contributed by atoms with E-state index >= 15 is 0 Å². The molecule has 2 heterocycles. The van der Waals surface area contributed by atoms with Crippen molar-refractivity contribution >= 4 is 39.1 Å². The fraction of sp³-hybridized carbons (Fsp3) is 0.364. The average molecular weight is 428 g/mol. The van der Waals surface area contributed by atoms with Gasteiger partial charge in [0.05, 0.1) is 22.7 Å². The second kappa shape index (κ2) is 8.39. The molecule has 1 amide bonds. The van der Waals surface area contributed by atoms with Gasteiger partial charge in [0.15, 0.2) is 0 Å². The summed E-state index contributed by atoms with van der Waals surface area (Å²) in [6, 6.07) is 4.96. The molecule has 0 aliphatic rings. The van der Waals surface area contributed by atoms with Crippen LogP contribution in [0.1, 0.15) is 53.2 Å². The monoisotopic (exact) mass is 427 g/mol. The first kappa shape index (κ1) is 21.7. The van der Waals surface area contributed by atoms with Crippen LogP contribution in [0.25, 0.3) is 10.2 Å². The van der Waals surface area contributed by atoms with E-state index in [0.717, 1.165) is 28.2 Å². The predicted octanol–water partition coefficient (Wildman–Crippen LogP) is 4.15. The molecule has 8 heteroatoms. The predicted molar refractivity (Wildman–Crippen MR) is 118 cm³/mol. The van der Waals surface area contributed by atoms with Gasteiger partial charge in [-0.1, -0.05) is 17.7 Å². The first-order chi connectivity index (χ1) is 14.1. The van der Waals surface area contributed by atoms with Crippen LogP contribution >= 0.6 is 11.3 Å². The van der Waals surface area contributed by atoms with Crippen molar-refractivity contribution in [2.75, 3.05) is 5.32 Å². The number of nitrogens with zero attached hydrogens (tertiary/aromatic N) is 2. The lowest BCUT2D eigenvalue weighted by molar-refractivity contribution is -0.151. The van der Waals surface area contributed by atoms with Gasteiger partial charge in [-0.05, 0) is 58.7 Å². The van der Waals surface area contributed by atoms with E-state index < -0.39 is 12.0 Å². The van der Waals surface area contributed by atoms with Crippen molar-refractivity contribution in [2.24, 2.45) is 0 Å². The van der Waals surface area contributed by atoms with Crippen molar-refractivity contribution in [1.82, 2.24) is 9.55 Å². The molecular formula is C22H25N3O4S. The number of ether oxygens (including phenoxy) is 1. The number of anilines is 1. The van der Waals surface area contributed by atoms with Crippen LogP contribution in [0, 0.1) is 20.8 Å². The first-order valence-corrected chi connectivity index (χ1v) is 10.5. The summed E-state index contributed by atoms with van der Waals surface area (Å²) in [4.78, 5) is 43.4. The molecule has 0 fully saturated rings. The topological polar surface area (TPSA) is 90.3 Å². The van der Waals surface area contributed by atoms with E-state index in [0.29, 0.717) is 20.7 Å². The maximum atomic E-state index is 13.1. The summed E-state index contributed by atoms with van der Waals surface area (Å²) < 4.78 is 6.45. The number of nitrogens with one attached hydrogen (secondary N) is 1. The van der Waals surface area contributed by atoms with Gasteiger partial charge in [-0.15, -0.1) is 11.3 Å². The van der Waals surface area contributed by atoms with E-state index in [1.807, 2.05) is 32.0 Å². The molecule has 30 heavy (non-hydrogen) atoms. The number of aromatic nitrogens is 2. The highest BCUT2D eigenvalue weighted by Crippen LogP contribution is 2.28. The Bertz CT molecular complexity index is 1190. The minimum absolute atomic E-state index is 0.282. The summed E-state index contributed by atoms with van der Waals surface area (Å²) in [7, 11) is 0. The maximum Gasteiger partial charge on any atom is 0.329 e. The van der Waals surface area contributed by atoms with E-state index in [1.54, 1.807) is 27.7 Å². The van der Waals surface area contributed by atoms with E-state index in [9.17, 15) is 14.4 Å². The SMILES string of the molecule is Cc1ccc(NC(=O)c2sc3ncn(C(C)C(=O)OC(C)C)c(=O)c3c2C)c(C)c1. The lowest BCUT2D eigenvalue weighted by atomic mass is 10.1. The van der Waals surface area contributed by atoms with Gasteiger partial charge in [-0.25, -0.2) is 9.78 Å². The first-order valence-electron chi connectivity index (χ1n) is 9.69. The summed E-state index contributed by atoms with van der Waals surface area (Å²) in [5, 5.41) is 3.26. The zero-order valence-corrected chi connectivity index (χ0v) is 18.7. The highest BCUT2D eigenvalue weighted by Gasteiger charge is 2.24. The Hall–Kier alpha value is -3.00. The molecule has 0 bridgehead atoms. The number of fused-ring (bicyclic) bond motifs is 1. The lowest BCUT2D eigenvalue weighted by Crippen LogP contribution is -2.30. The molecule has 0 spiro atoms. The highest BCUT2D eigenvalue weighted by molar-refractivity contribution is 7.20. The normalized spacial score (nSPS) is 12.2. The Labute approximate surface area is 178 Å². The molecule has 1 unspecified atom stereocenters. The fourth-order valence-electron chi connectivity index (χ4n) is 3.21. The van der Waals surface area contributed by atoms with Gasteiger partial charge in [-0.3, -0.25) is 14.2 Å². The zero-order chi connectivity index (χ0) is 22.2. The molecule has 1 aromatic carbocycles. The van der Waals surface area contributed by atoms with Gasteiger partial charge in [0.2, 0.25) is 0 Å². The molecule has 0 saturated heterocycles. The second-order valence-corrected chi connectivity index (χ2v) is 8.63. The van der Waals surface area contributed by atoms with Crippen molar-refractivity contribution in [2.45, 2.75) is 53.7 Å². The minimum atomic E-state index is -0.816. The quantitative estimate of drug-likeness (QED) is 0.618. The third-order valence-corrected chi connectivity index (χ3v) is 6.02. The second-order valence-electron chi connectivity index (χ2n) is 7.63. The van der Waals surface area contributed by atoms with E-state index in [2.05, 4.69) is 10.3 Å². The molecule has 3 rings (SSSR count). The average Bonchev–Trinajstić information content (AvgIpc) is 3.00. The number of rotatable bonds is 5. The van der Waals surface area contributed by atoms with Gasteiger partial charge in [0, 0.05) is 5.69 Å². The molecule has 7 nitrogen and oxygen atoms in total. The van der Waals surface area contributed by atoms with Gasteiger partial charge in [-0.2, -0.15) is 0 Å². The van der Waals surface area contributed by atoms with E-state index in [4.69, 9.17) is 4.74 Å². The van der Waals surface area contributed by atoms with Crippen molar-refractivity contribution in [3.05, 3.63) is 56.4 Å². The number of hydrogen-bond donors (Lipinski definition) is 1. The largest absolute Gasteiger partial charge is 0.461 e. The van der Waals surface area contributed by atoms with Crippen LogP contribution in [0.3, 0.4) is 0 Å². The van der Waals surface area contributed by atoms with Crippen molar-refractivity contribution in [1.29, 1.82) is 0 Å². The Morgan fingerprint density at radius 3 is 2.50 bits per heavy atom. The number of thiophene rings is 1. The van der Waals surface area contributed by atoms with Gasteiger partial charge in [0.1, 0.15) is 10.9 Å². The number of benzene rings is 1. The molecular weight excluding hydrogens is 402 g/mol. The van der Waals surface area contributed by atoms with Gasteiger partial charge in [0.25, 0.3) is 11.5 Å². The molecule has 0 saturated carbocycles. The van der Waals surface area contributed by atoms with Crippen LogP contribution in [0.5, 0.6) is 0 Å². The molecule has 2 aromatic heterocycles. The summed E-state index contributed by atoms with van der Waals surface area (Å²) >= 11 is 1.16. The molecule has 3 aromatic rings. The van der Waals surface area contributed by atoms with Gasteiger partial charge >= 0.3 is 5.97 Å². The van der Waals surface area contributed by atoms with Crippen molar-refractivity contribution in [3.8, 4) is 0 Å². The summed E-state index contributed by atoms with van der Waals surface area (Å²) in [6.07, 6.45) is 1.05. The Kier molecular flexibility index (Phi) is 6.07. The lowest BCUT2D eigenvalue weighted by Gasteiger charge is -2.15. The maximum absolute atomic E-state index is 13.1. The highest BCUT2D eigenvalue weighted by atomic mass is 32.1. The Balaban J connectivity index is 1.98. The number of carbonyl (C=O) groups is 2. The van der Waals surface area contributed by atoms with Crippen LogP contribution in [0.15, 0.2) is 29.3 Å². The number of hydrogen-bond acceptors (Lipinski definition) is 6. The van der Waals surface area contributed by atoms with Crippen LogP contribution in [0.4, 0.5) is 5.69 Å². The number of carbonyl (C=O) groups excluding carboxylic acids is 2. The third kappa shape index (κ3) is 4.14. The fourth-order valence-corrected chi connectivity index (χ4v) is 4.24. The van der Waals surface area contributed by atoms with Crippen LogP contribution in [-0.4, -0.2) is 27.5 Å². The molecule has 158 valence electrons. The Morgan fingerprint density at radius 1 is 1.17 bits per heavy atom. The van der Waals surface area contributed by atoms with E-state index in [1.165, 1.54) is 10.9 Å². The van der Waals surface area contributed by atoms with Crippen molar-refractivity contribution in [3.63, 3.8) is 0 Å². The smallest absolute Gasteiger partial charge is 0.329 e. The van der Waals surface area contributed by atoms with Crippen LogP contribution < -0.4 is 10.9 Å². The molecule has 1 atom stereocenters. The number of esters is 1. The third-order valence-electron chi connectivity index (χ3n) is 4.82. The number of amides is 1. The molecule has 0 aliphatic heterocycles. The summed E-state index contributed by atoms with van der Waals surface area (Å²) in [5.41, 5.74) is 2.97. The number of aryl methyl sites for hydroxylation is 3. The minimum Gasteiger partial charge on any atom is -0.461 e. The molecule has 1 N–H and O–H groups in total. The van der Waals surface area contributed by atoms with Crippen LogP contribution in [-0.2, 0) is 9.53 Å². The zero-order valence-electron chi connectivity index (χ0n) is 17.9. The molecule has 0 aliphatic carbocycles. The standard InChI is InChI=1S/C22H25N3O4S/c1-11(2)29-22(28)15(6)25-10-23-20-17(21(25)27)14(5)18(30-20)19(26)24-16-8-7-12(3)9-13(16)4/h7-11,15H,1-6H3,(H,24,26). The van der Waals surface area contributed by atoms with Gasteiger partial charge < -0.3 is 10.1 Å². The summed E-state index contributed by atoms with van der Waals surface area (Å²) in [6.45, 7) is 10.7.